The molecule has 1 rings (SSSR count). The van der Waals surface area contributed by atoms with Gasteiger partial charge in [-0.3, -0.25) is 0 Å². The number of ether oxygens (including phenoxy) is 2. The minimum Gasteiger partial charge on any atom is -0.496 e. The highest BCUT2D eigenvalue weighted by Gasteiger charge is 2.31. The molecule has 0 saturated carbocycles. The average Bonchev–Trinajstić information content (AvgIpc) is 2.43. The number of halogens is 3. The van der Waals surface area contributed by atoms with Crippen molar-refractivity contribution in [2.24, 2.45) is 0 Å². The van der Waals surface area contributed by atoms with E-state index in [9.17, 15) is 18.0 Å². The van der Waals surface area contributed by atoms with Gasteiger partial charge in [0.2, 0.25) is 0 Å². The molecule has 0 spiro atoms. The van der Waals surface area contributed by atoms with E-state index in [1.807, 2.05) is 18.2 Å². The summed E-state index contributed by atoms with van der Waals surface area (Å²) in [5.41, 5.74) is 0.864. The fraction of sp³-hybridized carbons (Fsp3) is 0.500. The van der Waals surface area contributed by atoms with Crippen molar-refractivity contribution in [3.05, 3.63) is 29.8 Å². The lowest BCUT2D eigenvalue weighted by molar-refractivity contribution is -0.162. The first kappa shape index (κ1) is 17.1. The third-order valence-electron chi connectivity index (χ3n) is 3.02. The van der Waals surface area contributed by atoms with Gasteiger partial charge in [0.1, 0.15) is 5.75 Å². The number of methoxy groups -OCH3 is 1. The summed E-state index contributed by atoms with van der Waals surface area (Å²) >= 11 is 0. The van der Waals surface area contributed by atoms with Gasteiger partial charge in [-0.05, 0) is 25.0 Å². The van der Waals surface area contributed by atoms with E-state index in [0.29, 0.717) is 12.2 Å². The Kier molecular flexibility index (Phi) is 5.87. The van der Waals surface area contributed by atoms with Crippen molar-refractivity contribution in [2.45, 2.75) is 25.6 Å². The number of amides is 1. The molecule has 0 radical (unpaired) electrons. The zero-order chi connectivity index (χ0) is 16.0. The van der Waals surface area contributed by atoms with Crippen molar-refractivity contribution >= 4 is 6.09 Å². The van der Waals surface area contributed by atoms with E-state index < -0.39 is 18.9 Å². The van der Waals surface area contributed by atoms with Gasteiger partial charge in [0, 0.05) is 13.1 Å². The quantitative estimate of drug-likeness (QED) is 0.838. The summed E-state index contributed by atoms with van der Waals surface area (Å²) in [6, 6.07) is 6.93. The molecule has 1 amide bonds. The molecule has 0 aliphatic rings. The van der Waals surface area contributed by atoms with Crippen LogP contribution in [0.15, 0.2) is 24.3 Å². The lowest BCUT2D eigenvalue weighted by Gasteiger charge is -2.25. The Labute approximate surface area is 121 Å². The molecule has 4 nitrogen and oxygen atoms in total. The smallest absolute Gasteiger partial charge is 0.422 e. The number of para-hydroxylation sites is 1. The minimum absolute atomic E-state index is 0.331. The highest BCUT2D eigenvalue weighted by Crippen LogP contribution is 2.21. The second-order valence-electron chi connectivity index (χ2n) is 4.65. The number of likely N-dealkylation sites (N-methyl/N-ethyl adjacent to an activating group) is 1. The second-order valence-corrected chi connectivity index (χ2v) is 4.65. The van der Waals surface area contributed by atoms with Crippen molar-refractivity contribution in [1.29, 1.82) is 0 Å². The third kappa shape index (κ3) is 5.53. The number of nitrogens with zero attached hydrogens (tertiary/aromatic N) is 1. The lowest BCUT2D eigenvalue weighted by atomic mass is 10.1. The number of hydrogen-bond acceptors (Lipinski definition) is 3. The molecular formula is C14H18F3NO3. The molecule has 0 saturated heterocycles. The lowest BCUT2D eigenvalue weighted by Crippen LogP contribution is -2.38. The standard InChI is InChI=1S/C14H18F3NO3/c1-10(8-11-6-4-5-7-12(11)20-3)18(2)13(19)21-9-14(15,16)17/h4-7,10H,8-9H2,1-3H3. The summed E-state index contributed by atoms with van der Waals surface area (Å²) in [4.78, 5) is 12.7. The van der Waals surface area contributed by atoms with E-state index in [1.54, 1.807) is 13.0 Å². The first-order chi connectivity index (χ1) is 9.74. The average molecular weight is 305 g/mol. The zero-order valence-electron chi connectivity index (χ0n) is 12.1. The van der Waals surface area contributed by atoms with Gasteiger partial charge in [0.25, 0.3) is 0 Å². The topological polar surface area (TPSA) is 38.8 Å². The molecule has 0 aliphatic carbocycles. The maximum Gasteiger partial charge on any atom is 0.422 e. The van der Waals surface area contributed by atoms with Gasteiger partial charge in [-0.25, -0.2) is 4.79 Å². The summed E-state index contributed by atoms with van der Waals surface area (Å²) in [6.45, 7) is 0.138. The van der Waals surface area contributed by atoms with Crippen LogP contribution in [0.2, 0.25) is 0 Å². The molecule has 1 aromatic rings. The Balaban J connectivity index is 2.61. The van der Waals surface area contributed by atoms with Crippen LogP contribution in [0, 0.1) is 0 Å². The summed E-state index contributed by atoms with van der Waals surface area (Å²) in [5, 5.41) is 0. The van der Waals surface area contributed by atoms with Gasteiger partial charge >= 0.3 is 12.3 Å². The Morgan fingerprint density at radius 2 is 1.95 bits per heavy atom. The number of carbonyl (C=O) groups is 1. The molecule has 0 aliphatic heterocycles. The zero-order valence-corrected chi connectivity index (χ0v) is 12.1. The predicted molar refractivity (Wildman–Crippen MR) is 71.3 cm³/mol. The Morgan fingerprint density at radius 1 is 1.33 bits per heavy atom. The van der Waals surface area contributed by atoms with Crippen LogP contribution in [0.3, 0.4) is 0 Å². The van der Waals surface area contributed by atoms with Gasteiger partial charge in [0.05, 0.1) is 7.11 Å². The normalized spacial score (nSPS) is 12.7. The van der Waals surface area contributed by atoms with Crippen LogP contribution in [0.5, 0.6) is 5.75 Å². The Bertz CT molecular complexity index is 477. The van der Waals surface area contributed by atoms with E-state index >= 15 is 0 Å². The van der Waals surface area contributed by atoms with Gasteiger partial charge < -0.3 is 14.4 Å². The highest BCUT2D eigenvalue weighted by atomic mass is 19.4. The minimum atomic E-state index is -4.53. The largest absolute Gasteiger partial charge is 0.496 e. The maximum atomic E-state index is 12.0. The van der Waals surface area contributed by atoms with E-state index in [1.165, 1.54) is 14.2 Å². The van der Waals surface area contributed by atoms with Gasteiger partial charge in [-0.15, -0.1) is 0 Å². The number of benzene rings is 1. The van der Waals surface area contributed by atoms with E-state index in [4.69, 9.17) is 4.74 Å². The molecule has 0 bridgehead atoms. The molecule has 0 N–H and O–H groups in total. The monoisotopic (exact) mass is 305 g/mol. The summed E-state index contributed by atoms with van der Waals surface area (Å²) < 4.78 is 45.5. The predicted octanol–water partition coefficient (Wildman–Crippen LogP) is 3.26. The fourth-order valence-electron chi connectivity index (χ4n) is 1.75. The van der Waals surface area contributed by atoms with Crippen molar-refractivity contribution in [2.75, 3.05) is 20.8 Å². The molecule has 7 heteroatoms. The number of alkyl halides is 3. The van der Waals surface area contributed by atoms with Crippen molar-refractivity contribution in [3.8, 4) is 5.75 Å². The molecule has 0 aromatic heterocycles. The van der Waals surface area contributed by atoms with E-state index in [-0.39, 0.29) is 6.04 Å². The van der Waals surface area contributed by atoms with Crippen LogP contribution in [0.25, 0.3) is 0 Å². The summed E-state index contributed by atoms with van der Waals surface area (Å²) in [6.07, 6.45) is -5.08. The SMILES string of the molecule is COc1ccccc1CC(C)N(C)C(=O)OCC(F)(F)F. The molecular weight excluding hydrogens is 287 g/mol. The van der Waals surface area contributed by atoms with E-state index in [0.717, 1.165) is 10.5 Å². The molecule has 21 heavy (non-hydrogen) atoms. The molecule has 118 valence electrons. The van der Waals surface area contributed by atoms with Crippen LogP contribution < -0.4 is 4.74 Å². The maximum absolute atomic E-state index is 12.0. The van der Waals surface area contributed by atoms with Crippen LogP contribution in [-0.2, 0) is 11.2 Å². The molecule has 0 fully saturated rings. The van der Waals surface area contributed by atoms with Crippen LogP contribution in [-0.4, -0.2) is 44.0 Å². The fourth-order valence-corrected chi connectivity index (χ4v) is 1.75. The Morgan fingerprint density at radius 3 is 2.52 bits per heavy atom. The Hall–Kier alpha value is -1.92. The molecule has 1 unspecified atom stereocenters. The van der Waals surface area contributed by atoms with Crippen LogP contribution >= 0.6 is 0 Å². The van der Waals surface area contributed by atoms with E-state index in [2.05, 4.69) is 4.74 Å². The molecule has 0 heterocycles. The van der Waals surface area contributed by atoms with Crippen LogP contribution in [0.4, 0.5) is 18.0 Å². The number of carbonyl (C=O) groups excluding carboxylic acids is 1. The second kappa shape index (κ2) is 7.19. The first-order valence-electron chi connectivity index (χ1n) is 6.33. The summed E-state index contributed by atoms with van der Waals surface area (Å²) in [5.74, 6) is 0.668. The first-order valence-corrected chi connectivity index (χ1v) is 6.33. The molecule has 1 aromatic carbocycles. The molecule has 1 atom stereocenters. The summed E-state index contributed by atoms with van der Waals surface area (Å²) in [7, 11) is 2.93. The van der Waals surface area contributed by atoms with Crippen molar-refractivity contribution in [3.63, 3.8) is 0 Å². The van der Waals surface area contributed by atoms with Gasteiger partial charge in [-0.1, -0.05) is 18.2 Å². The van der Waals surface area contributed by atoms with Gasteiger partial charge in [0.15, 0.2) is 6.61 Å². The third-order valence-corrected chi connectivity index (χ3v) is 3.02. The number of hydrogen-bond donors (Lipinski definition) is 0. The van der Waals surface area contributed by atoms with Crippen molar-refractivity contribution < 1.29 is 27.4 Å². The number of rotatable bonds is 5. The van der Waals surface area contributed by atoms with Crippen LogP contribution in [0.1, 0.15) is 12.5 Å². The van der Waals surface area contributed by atoms with Crippen molar-refractivity contribution in [1.82, 2.24) is 4.90 Å². The van der Waals surface area contributed by atoms with Gasteiger partial charge in [-0.2, -0.15) is 13.2 Å². The highest BCUT2D eigenvalue weighted by molar-refractivity contribution is 5.67.